The van der Waals surface area contributed by atoms with Crippen LogP contribution in [0.5, 0.6) is 0 Å². The molecule has 2 rings (SSSR count). The number of likely N-dealkylation sites (N-methyl/N-ethyl adjacent to an activating group) is 1. The molecule has 5 nitrogen and oxygen atoms in total. The summed E-state index contributed by atoms with van der Waals surface area (Å²) < 4.78 is 6.09. The maximum Gasteiger partial charge on any atom is 0.414 e. The van der Waals surface area contributed by atoms with Gasteiger partial charge < -0.3 is 20.3 Å². The molecule has 2 aromatic carbocycles. The first kappa shape index (κ1) is 24.6. The van der Waals surface area contributed by atoms with E-state index >= 15 is 0 Å². The molecule has 5 heteroatoms. The molecule has 0 fully saturated rings. The Bertz CT molecular complexity index is 808. The van der Waals surface area contributed by atoms with Crippen molar-refractivity contribution in [1.82, 2.24) is 9.80 Å². The van der Waals surface area contributed by atoms with Gasteiger partial charge in [-0.1, -0.05) is 60.7 Å². The van der Waals surface area contributed by atoms with Crippen molar-refractivity contribution in [2.45, 2.75) is 44.7 Å². The third-order valence-electron chi connectivity index (χ3n) is 5.77. The first-order valence-corrected chi connectivity index (χ1v) is 10.8. The molecule has 0 saturated heterocycles. The fourth-order valence-electron chi connectivity index (χ4n) is 3.93. The van der Waals surface area contributed by atoms with Crippen LogP contribution in [0, 0.1) is 0 Å². The number of allylic oxidation sites excluding steroid dienone is 2. The van der Waals surface area contributed by atoms with Crippen LogP contribution in [0.25, 0.3) is 0 Å². The van der Waals surface area contributed by atoms with Crippen LogP contribution in [0.3, 0.4) is 0 Å². The minimum absolute atomic E-state index is 0.131. The second kappa shape index (κ2) is 11.1. The minimum Gasteiger partial charge on any atom is -0.414 e. The van der Waals surface area contributed by atoms with Crippen molar-refractivity contribution in [3.05, 3.63) is 83.6 Å². The molecular weight excluding hydrogens is 386 g/mol. The van der Waals surface area contributed by atoms with Crippen molar-refractivity contribution < 1.29 is 9.53 Å². The quantitative estimate of drug-likeness (QED) is 0.597. The molecule has 31 heavy (non-hydrogen) atoms. The molecule has 0 aliphatic carbocycles. The Morgan fingerprint density at radius 1 is 1.00 bits per heavy atom. The number of hydrogen-bond acceptors (Lipinski definition) is 4. The van der Waals surface area contributed by atoms with Gasteiger partial charge in [0.25, 0.3) is 0 Å². The molecule has 0 aliphatic heterocycles. The van der Waals surface area contributed by atoms with Crippen LogP contribution in [-0.4, -0.2) is 55.7 Å². The largest absolute Gasteiger partial charge is 0.414 e. The van der Waals surface area contributed by atoms with Crippen molar-refractivity contribution in [1.29, 1.82) is 0 Å². The molecule has 0 radical (unpaired) electrons. The highest BCUT2D eigenvalue weighted by atomic mass is 16.6. The monoisotopic (exact) mass is 423 g/mol. The first-order valence-electron chi connectivity index (χ1n) is 10.8. The van der Waals surface area contributed by atoms with Gasteiger partial charge in [0.1, 0.15) is 5.76 Å². The molecule has 0 unspecified atom stereocenters. The number of benzene rings is 2. The molecule has 0 spiro atoms. The van der Waals surface area contributed by atoms with Gasteiger partial charge in [0.05, 0.1) is 5.41 Å². The average molecular weight is 424 g/mol. The second-order valence-corrected chi connectivity index (χ2v) is 8.53. The molecule has 0 aliphatic rings. The Labute approximate surface area is 187 Å². The highest BCUT2D eigenvalue weighted by Gasteiger charge is 2.42. The van der Waals surface area contributed by atoms with Crippen LogP contribution in [-0.2, 0) is 10.2 Å². The van der Waals surface area contributed by atoms with Crippen molar-refractivity contribution >= 4 is 6.09 Å². The van der Waals surface area contributed by atoms with Gasteiger partial charge in [-0.2, -0.15) is 0 Å². The second-order valence-electron chi connectivity index (χ2n) is 8.53. The van der Waals surface area contributed by atoms with E-state index in [1.165, 1.54) is 4.90 Å². The van der Waals surface area contributed by atoms with Gasteiger partial charge in [-0.05, 0) is 58.5 Å². The predicted molar refractivity (Wildman–Crippen MR) is 128 cm³/mol. The fourth-order valence-corrected chi connectivity index (χ4v) is 3.93. The summed E-state index contributed by atoms with van der Waals surface area (Å²) in [5, 5.41) is 0. The fraction of sp³-hybridized carbons (Fsp3) is 0.423. The lowest BCUT2D eigenvalue weighted by Crippen LogP contribution is -2.42. The standard InChI is InChI=1S/C26H37N3O2/c1-7-24(31-25(30)29(6)19-20(2)27)26(18-21(3)28(4)5,22-14-10-8-11-15-22)23-16-12-9-13-17-23/h7-17,20-21H,18-19,27H2,1-6H3/b24-7-/t20-,21-/m1/s1. The van der Waals surface area contributed by atoms with Crippen LogP contribution >= 0.6 is 0 Å². The highest BCUT2D eigenvalue weighted by Crippen LogP contribution is 2.44. The zero-order valence-electron chi connectivity index (χ0n) is 19.7. The molecule has 0 aromatic heterocycles. The van der Waals surface area contributed by atoms with E-state index in [1.807, 2.05) is 56.3 Å². The molecule has 1 amide bonds. The van der Waals surface area contributed by atoms with Crippen molar-refractivity contribution in [2.75, 3.05) is 27.7 Å². The lowest BCUT2D eigenvalue weighted by molar-refractivity contribution is 0.120. The van der Waals surface area contributed by atoms with Gasteiger partial charge >= 0.3 is 6.09 Å². The summed E-state index contributed by atoms with van der Waals surface area (Å²) in [6.07, 6.45) is 2.26. The Morgan fingerprint density at radius 3 is 1.87 bits per heavy atom. The smallest absolute Gasteiger partial charge is 0.414 e. The summed E-state index contributed by atoms with van der Waals surface area (Å²) in [5.74, 6) is 0.625. The van der Waals surface area contributed by atoms with E-state index < -0.39 is 11.5 Å². The van der Waals surface area contributed by atoms with Gasteiger partial charge in [-0.3, -0.25) is 0 Å². The zero-order chi connectivity index (χ0) is 23.0. The summed E-state index contributed by atoms with van der Waals surface area (Å²) in [6.45, 7) is 6.41. The van der Waals surface area contributed by atoms with Crippen molar-refractivity contribution in [3.8, 4) is 0 Å². The van der Waals surface area contributed by atoms with Gasteiger partial charge in [0.15, 0.2) is 0 Å². The number of carbonyl (C=O) groups is 1. The third-order valence-corrected chi connectivity index (χ3v) is 5.77. The molecule has 2 aromatic rings. The minimum atomic E-state index is -0.619. The van der Waals surface area contributed by atoms with Crippen LogP contribution < -0.4 is 5.73 Å². The highest BCUT2D eigenvalue weighted by molar-refractivity contribution is 5.69. The van der Waals surface area contributed by atoms with Crippen LogP contribution in [0.15, 0.2) is 72.5 Å². The number of nitrogens with two attached hydrogens (primary N) is 1. The summed E-state index contributed by atoms with van der Waals surface area (Å²) in [4.78, 5) is 16.7. The summed E-state index contributed by atoms with van der Waals surface area (Å²) >= 11 is 0. The van der Waals surface area contributed by atoms with Gasteiger partial charge in [0, 0.05) is 25.7 Å². The van der Waals surface area contributed by atoms with Crippen LogP contribution in [0.1, 0.15) is 38.3 Å². The lowest BCUT2D eigenvalue weighted by Gasteiger charge is -2.40. The normalized spacial score (nSPS) is 14.3. The predicted octanol–water partition coefficient (Wildman–Crippen LogP) is 4.63. The van der Waals surface area contributed by atoms with Gasteiger partial charge in [-0.25, -0.2) is 4.79 Å². The van der Waals surface area contributed by atoms with E-state index in [1.54, 1.807) is 7.05 Å². The number of nitrogens with zero attached hydrogens (tertiary/aromatic N) is 2. The maximum atomic E-state index is 13.0. The van der Waals surface area contributed by atoms with E-state index in [0.717, 1.165) is 17.5 Å². The molecular formula is C26H37N3O2. The van der Waals surface area contributed by atoms with E-state index in [-0.39, 0.29) is 12.1 Å². The van der Waals surface area contributed by atoms with Gasteiger partial charge in [0.2, 0.25) is 0 Å². The summed E-state index contributed by atoms with van der Waals surface area (Å²) in [7, 11) is 5.86. The molecule has 168 valence electrons. The van der Waals surface area contributed by atoms with Crippen LogP contribution in [0.2, 0.25) is 0 Å². The van der Waals surface area contributed by atoms with E-state index in [9.17, 15) is 4.79 Å². The maximum absolute atomic E-state index is 13.0. The Morgan fingerprint density at radius 2 is 1.48 bits per heavy atom. The number of rotatable bonds is 9. The topological polar surface area (TPSA) is 58.8 Å². The van der Waals surface area contributed by atoms with Crippen LogP contribution in [0.4, 0.5) is 4.79 Å². The van der Waals surface area contributed by atoms with Crippen molar-refractivity contribution in [3.63, 3.8) is 0 Å². The first-order chi connectivity index (χ1) is 14.7. The SMILES string of the molecule is C/C=C(\OC(=O)N(C)C[C@@H](C)N)C(C[C@@H](C)N(C)C)(c1ccccc1)c1ccccc1. The van der Waals surface area contributed by atoms with E-state index in [4.69, 9.17) is 10.5 Å². The number of ether oxygens (including phenoxy) is 1. The van der Waals surface area contributed by atoms with Gasteiger partial charge in [-0.15, -0.1) is 0 Å². The van der Waals surface area contributed by atoms with E-state index in [0.29, 0.717) is 12.3 Å². The Hall–Kier alpha value is -2.63. The lowest BCUT2D eigenvalue weighted by atomic mass is 9.68. The summed E-state index contributed by atoms with van der Waals surface area (Å²) in [6, 6.07) is 20.7. The third kappa shape index (κ3) is 5.96. The molecule has 0 bridgehead atoms. The molecule has 2 N–H and O–H groups in total. The number of hydrogen-bond donors (Lipinski definition) is 1. The summed E-state index contributed by atoms with van der Waals surface area (Å²) in [5.41, 5.74) is 7.45. The molecule has 0 saturated carbocycles. The molecule has 0 heterocycles. The average Bonchev–Trinajstić information content (AvgIpc) is 2.76. The molecule has 2 atom stereocenters. The zero-order valence-corrected chi connectivity index (χ0v) is 19.7. The van der Waals surface area contributed by atoms with E-state index in [2.05, 4.69) is 50.2 Å². The Kier molecular flexibility index (Phi) is 8.84. The number of amides is 1. The Balaban J connectivity index is 2.64. The van der Waals surface area contributed by atoms with Crippen molar-refractivity contribution in [2.24, 2.45) is 5.73 Å². The number of carbonyl (C=O) groups excluding carboxylic acids is 1.